The minimum Gasteiger partial charge on any atom is -0.444 e. The number of nitrogens with zero attached hydrogens (tertiary/aromatic N) is 3. The Morgan fingerprint density at radius 3 is 2.71 bits per heavy atom. The molecule has 112 valence electrons. The summed E-state index contributed by atoms with van der Waals surface area (Å²) >= 11 is 0. The normalized spacial score (nSPS) is 11.3. The molecule has 0 fully saturated rings. The number of rotatable bonds is 2. The Kier molecular flexibility index (Phi) is 3.93. The number of hydrogen-bond acceptors (Lipinski definition) is 4. The number of amides is 1. The van der Waals surface area contributed by atoms with Crippen LogP contribution in [0.25, 0.3) is 5.69 Å². The van der Waals surface area contributed by atoms with Crippen LogP contribution in [-0.4, -0.2) is 26.5 Å². The molecule has 7 heteroatoms. The van der Waals surface area contributed by atoms with E-state index >= 15 is 0 Å². The van der Waals surface area contributed by atoms with Gasteiger partial charge in [-0.25, -0.2) is 13.9 Å². The molecule has 6 nitrogen and oxygen atoms in total. The Hall–Kier alpha value is -2.44. The van der Waals surface area contributed by atoms with E-state index in [2.05, 4.69) is 15.4 Å². The van der Waals surface area contributed by atoms with E-state index < -0.39 is 17.5 Å². The van der Waals surface area contributed by atoms with Crippen molar-refractivity contribution in [3.05, 3.63) is 36.2 Å². The Balaban J connectivity index is 2.18. The summed E-state index contributed by atoms with van der Waals surface area (Å²) in [5.74, 6) is -0.456. The summed E-state index contributed by atoms with van der Waals surface area (Å²) in [6.45, 7) is 7.07. The molecular weight excluding hydrogens is 275 g/mol. The second-order valence-electron chi connectivity index (χ2n) is 5.56. The first-order valence-electron chi connectivity index (χ1n) is 6.42. The van der Waals surface area contributed by atoms with Gasteiger partial charge in [0.2, 0.25) is 0 Å². The van der Waals surface area contributed by atoms with Crippen LogP contribution in [0.1, 0.15) is 26.5 Å². The van der Waals surface area contributed by atoms with Crippen molar-refractivity contribution in [3.8, 4) is 5.69 Å². The maximum absolute atomic E-state index is 13.2. The maximum Gasteiger partial charge on any atom is 0.412 e. The van der Waals surface area contributed by atoms with Crippen molar-refractivity contribution in [1.82, 2.24) is 14.8 Å². The van der Waals surface area contributed by atoms with Crippen LogP contribution in [0.4, 0.5) is 14.9 Å². The molecule has 2 aromatic heterocycles. The lowest BCUT2D eigenvalue weighted by molar-refractivity contribution is 0.0636. The molecular formula is C14H17FN4O2. The number of ether oxygens (including phenoxy) is 1. The summed E-state index contributed by atoms with van der Waals surface area (Å²) in [7, 11) is 0. The highest BCUT2D eigenvalue weighted by Crippen LogP contribution is 2.18. The average molecular weight is 292 g/mol. The van der Waals surface area contributed by atoms with Crippen LogP contribution in [0.3, 0.4) is 0 Å². The van der Waals surface area contributed by atoms with Crippen LogP contribution in [0.15, 0.2) is 24.7 Å². The van der Waals surface area contributed by atoms with Crippen molar-refractivity contribution in [2.75, 3.05) is 5.32 Å². The molecule has 2 heterocycles. The van der Waals surface area contributed by atoms with Gasteiger partial charge in [0.1, 0.15) is 11.4 Å². The Morgan fingerprint density at radius 2 is 2.10 bits per heavy atom. The number of carbonyl (C=O) groups is 1. The van der Waals surface area contributed by atoms with Crippen LogP contribution in [0, 0.1) is 12.7 Å². The minimum atomic E-state index is -0.583. The van der Waals surface area contributed by atoms with Crippen molar-refractivity contribution >= 4 is 11.8 Å². The number of nitrogens with one attached hydrogen (secondary N) is 1. The zero-order chi connectivity index (χ0) is 15.6. The largest absolute Gasteiger partial charge is 0.444 e. The van der Waals surface area contributed by atoms with Crippen molar-refractivity contribution < 1.29 is 13.9 Å². The highest BCUT2D eigenvalue weighted by molar-refractivity contribution is 5.85. The van der Waals surface area contributed by atoms with E-state index in [-0.39, 0.29) is 0 Å². The van der Waals surface area contributed by atoms with Gasteiger partial charge < -0.3 is 4.74 Å². The highest BCUT2D eigenvalue weighted by atomic mass is 19.1. The molecule has 0 radical (unpaired) electrons. The summed E-state index contributed by atoms with van der Waals surface area (Å²) in [5.41, 5.74) is 0.967. The lowest BCUT2D eigenvalue weighted by atomic mass is 10.2. The summed E-state index contributed by atoms with van der Waals surface area (Å²) in [4.78, 5) is 15.5. The van der Waals surface area contributed by atoms with E-state index in [1.165, 1.54) is 16.9 Å². The second kappa shape index (κ2) is 5.51. The van der Waals surface area contributed by atoms with E-state index in [0.29, 0.717) is 17.1 Å². The lowest BCUT2D eigenvalue weighted by Gasteiger charge is -2.19. The molecule has 0 atom stereocenters. The van der Waals surface area contributed by atoms with Gasteiger partial charge in [0, 0.05) is 6.07 Å². The fraction of sp³-hybridized carbons (Fsp3) is 0.357. The number of aromatic nitrogens is 3. The van der Waals surface area contributed by atoms with Crippen LogP contribution in [0.2, 0.25) is 0 Å². The summed E-state index contributed by atoms with van der Waals surface area (Å²) < 4.78 is 19.8. The molecule has 2 rings (SSSR count). The molecule has 0 unspecified atom stereocenters. The average Bonchev–Trinajstić information content (AvgIpc) is 2.68. The maximum atomic E-state index is 13.2. The summed E-state index contributed by atoms with van der Waals surface area (Å²) in [5, 5.41) is 6.82. The van der Waals surface area contributed by atoms with Crippen LogP contribution in [-0.2, 0) is 4.74 Å². The van der Waals surface area contributed by atoms with Gasteiger partial charge in [0.15, 0.2) is 0 Å². The SMILES string of the molecule is Cc1nn(-c2cncc(F)c2)cc1NC(=O)OC(C)(C)C. The van der Waals surface area contributed by atoms with Crippen LogP contribution < -0.4 is 5.32 Å². The second-order valence-corrected chi connectivity index (χ2v) is 5.56. The van der Waals surface area contributed by atoms with E-state index in [1.807, 2.05) is 0 Å². The van der Waals surface area contributed by atoms with Gasteiger partial charge in [-0.3, -0.25) is 10.3 Å². The van der Waals surface area contributed by atoms with E-state index in [4.69, 9.17) is 4.74 Å². The monoisotopic (exact) mass is 292 g/mol. The van der Waals surface area contributed by atoms with Crippen LogP contribution >= 0.6 is 0 Å². The third kappa shape index (κ3) is 4.01. The quantitative estimate of drug-likeness (QED) is 0.923. The molecule has 2 aromatic rings. The molecule has 0 spiro atoms. The van der Waals surface area contributed by atoms with Gasteiger partial charge in [-0.05, 0) is 27.7 Å². The smallest absolute Gasteiger partial charge is 0.412 e. The Bertz CT molecular complexity index is 661. The first kappa shape index (κ1) is 15.0. The van der Waals surface area contributed by atoms with Crippen molar-refractivity contribution in [1.29, 1.82) is 0 Å². The Labute approximate surface area is 121 Å². The van der Waals surface area contributed by atoms with E-state index in [1.54, 1.807) is 33.9 Å². The molecule has 1 N–H and O–H groups in total. The summed E-state index contributed by atoms with van der Waals surface area (Å²) in [6, 6.07) is 1.30. The van der Waals surface area contributed by atoms with Gasteiger partial charge in [-0.15, -0.1) is 0 Å². The number of halogens is 1. The molecule has 21 heavy (non-hydrogen) atoms. The lowest BCUT2D eigenvalue weighted by Crippen LogP contribution is -2.27. The molecule has 0 bridgehead atoms. The van der Waals surface area contributed by atoms with Crippen molar-refractivity contribution in [2.24, 2.45) is 0 Å². The van der Waals surface area contributed by atoms with E-state index in [9.17, 15) is 9.18 Å². The third-order valence-corrected chi connectivity index (χ3v) is 2.49. The number of hydrogen-bond donors (Lipinski definition) is 1. The van der Waals surface area contributed by atoms with Crippen LogP contribution in [0.5, 0.6) is 0 Å². The van der Waals surface area contributed by atoms with Gasteiger partial charge in [-0.1, -0.05) is 0 Å². The fourth-order valence-corrected chi connectivity index (χ4v) is 1.65. The van der Waals surface area contributed by atoms with E-state index in [0.717, 1.165) is 6.20 Å². The molecule has 0 saturated heterocycles. The van der Waals surface area contributed by atoms with Gasteiger partial charge in [0.05, 0.1) is 35.7 Å². The van der Waals surface area contributed by atoms with Gasteiger partial charge in [0.25, 0.3) is 0 Å². The standard InChI is InChI=1S/C14H17FN4O2/c1-9-12(17-13(20)21-14(2,3)4)8-19(18-9)11-5-10(15)6-16-7-11/h5-8H,1-4H3,(H,17,20). The fourth-order valence-electron chi connectivity index (χ4n) is 1.65. The molecule has 0 saturated carbocycles. The zero-order valence-electron chi connectivity index (χ0n) is 12.3. The number of aryl methyl sites for hydroxylation is 1. The zero-order valence-corrected chi connectivity index (χ0v) is 12.3. The number of pyridine rings is 1. The van der Waals surface area contributed by atoms with Gasteiger partial charge in [-0.2, -0.15) is 5.10 Å². The van der Waals surface area contributed by atoms with Crippen molar-refractivity contribution in [3.63, 3.8) is 0 Å². The molecule has 0 aliphatic rings. The molecule has 0 aromatic carbocycles. The highest BCUT2D eigenvalue weighted by Gasteiger charge is 2.18. The predicted molar refractivity (Wildman–Crippen MR) is 75.9 cm³/mol. The first-order chi connectivity index (χ1) is 9.74. The minimum absolute atomic E-state index is 0.456. The number of carbonyl (C=O) groups excluding carboxylic acids is 1. The topological polar surface area (TPSA) is 69.0 Å². The Morgan fingerprint density at radius 1 is 1.38 bits per heavy atom. The van der Waals surface area contributed by atoms with Gasteiger partial charge >= 0.3 is 6.09 Å². The molecule has 1 amide bonds. The molecule has 0 aliphatic carbocycles. The predicted octanol–water partition coefficient (Wildman–Crippen LogP) is 3.06. The first-order valence-corrected chi connectivity index (χ1v) is 6.42. The van der Waals surface area contributed by atoms with Crippen molar-refractivity contribution in [2.45, 2.75) is 33.3 Å². The number of anilines is 1. The third-order valence-electron chi connectivity index (χ3n) is 2.49. The molecule has 0 aliphatic heterocycles. The summed E-state index contributed by atoms with van der Waals surface area (Å²) in [6.07, 6.45) is 3.60.